The lowest BCUT2D eigenvalue weighted by atomic mass is 10.1. The molecule has 1 aromatic rings. The van der Waals surface area contributed by atoms with Gasteiger partial charge in [-0.1, -0.05) is 11.6 Å². The molecule has 0 unspecified atom stereocenters. The predicted molar refractivity (Wildman–Crippen MR) is 69.3 cm³/mol. The molecule has 0 radical (unpaired) electrons. The van der Waals surface area contributed by atoms with Gasteiger partial charge < -0.3 is 9.80 Å². The summed E-state index contributed by atoms with van der Waals surface area (Å²) in [6.07, 6.45) is 0. The van der Waals surface area contributed by atoms with E-state index in [0.717, 1.165) is 5.56 Å². The molecule has 0 N–H and O–H groups in total. The van der Waals surface area contributed by atoms with E-state index in [1.165, 1.54) is 17.0 Å². The van der Waals surface area contributed by atoms with Crippen LogP contribution in [0.2, 0.25) is 0 Å². The molecule has 1 aliphatic rings. The highest BCUT2D eigenvalue weighted by molar-refractivity contribution is 5.97. The second-order valence-corrected chi connectivity index (χ2v) is 4.68. The van der Waals surface area contributed by atoms with E-state index in [-0.39, 0.29) is 18.0 Å². The summed E-state index contributed by atoms with van der Waals surface area (Å²) >= 11 is 0. The zero-order chi connectivity index (χ0) is 14.0. The largest absolute Gasteiger partial charge is 0.340 e. The van der Waals surface area contributed by atoms with Crippen molar-refractivity contribution in [2.45, 2.75) is 13.8 Å². The molecule has 0 aliphatic carbocycles. The van der Waals surface area contributed by atoms with Crippen molar-refractivity contribution in [2.75, 3.05) is 26.2 Å². The van der Waals surface area contributed by atoms with Gasteiger partial charge >= 0.3 is 0 Å². The number of nitrogens with zero attached hydrogens (tertiary/aromatic N) is 2. The molecular weight excluding hydrogens is 247 g/mol. The van der Waals surface area contributed by atoms with Gasteiger partial charge in [-0.2, -0.15) is 0 Å². The van der Waals surface area contributed by atoms with Crippen LogP contribution in [0.15, 0.2) is 18.2 Å². The Morgan fingerprint density at radius 1 is 1.37 bits per heavy atom. The van der Waals surface area contributed by atoms with Crippen LogP contribution in [0.4, 0.5) is 4.39 Å². The zero-order valence-corrected chi connectivity index (χ0v) is 11.1. The summed E-state index contributed by atoms with van der Waals surface area (Å²) in [7, 11) is 0. The van der Waals surface area contributed by atoms with Crippen molar-refractivity contribution in [1.82, 2.24) is 9.80 Å². The number of benzene rings is 1. The first-order valence-corrected chi connectivity index (χ1v) is 6.36. The molecule has 5 heteroatoms. The van der Waals surface area contributed by atoms with E-state index in [4.69, 9.17) is 0 Å². The quantitative estimate of drug-likeness (QED) is 0.811. The zero-order valence-electron chi connectivity index (χ0n) is 11.1. The van der Waals surface area contributed by atoms with Crippen LogP contribution in [-0.2, 0) is 4.79 Å². The van der Waals surface area contributed by atoms with Crippen LogP contribution in [0.5, 0.6) is 0 Å². The Balaban J connectivity index is 2.17. The van der Waals surface area contributed by atoms with Crippen LogP contribution in [0.3, 0.4) is 0 Å². The standard InChI is InChI=1S/C14H17FN2O2/c1-3-16-6-7-17(9-13(16)18)14(19)11-8-10(2)4-5-12(11)15/h4-5,8H,3,6-7,9H2,1-2H3. The lowest BCUT2D eigenvalue weighted by Gasteiger charge is -2.33. The first kappa shape index (κ1) is 13.5. The number of carbonyl (C=O) groups excluding carboxylic acids is 2. The summed E-state index contributed by atoms with van der Waals surface area (Å²) < 4.78 is 13.7. The summed E-state index contributed by atoms with van der Waals surface area (Å²) in [5.74, 6) is -1.04. The Morgan fingerprint density at radius 3 is 2.74 bits per heavy atom. The van der Waals surface area contributed by atoms with Gasteiger partial charge in [0.2, 0.25) is 5.91 Å². The molecule has 0 saturated carbocycles. The predicted octanol–water partition coefficient (Wildman–Crippen LogP) is 1.44. The minimum atomic E-state index is -0.541. The van der Waals surface area contributed by atoms with Crippen molar-refractivity contribution in [2.24, 2.45) is 0 Å². The number of carbonyl (C=O) groups is 2. The van der Waals surface area contributed by atoms with Crippen LogP contribution in [-0.4, -0.2) is 47.8 Å². The van der Waals surface area contributed by atoms with Crippen molar-refractivity contribution >= 4 is 11.8 Å². The fourth-order valence-electron chi connectivity index (χ4n) is 2.19. The van der Waals surface area contributed by atoms with E-state index in [1.807, 2.05) is 6.92 Å². The van der Waals surface area contributed by atoms with Gasteiger partial charge in [-0.15, -0.1) is 0 Å². The molecular formula is C14H17FN2O2. The molecule has 0 spiro atoms. The summed E-state index contributed by atoms with van der Waals surface area (Å²) in [5, 5.41) is 0. The van der Waals surface area contributed by atoms with E-state index in [0.29, 0.717) is 19.6 Å². The van der Waals surface area contributed by atoms with Crippen molar-refractivity contribution in [3.63, 3.8) is 0 Å². The molecule has 2 rings (SSSR count). The molecule has 1 aromatic carbocycles. The fourth-order valence-corrected chi connectivity index (χ4v) is 2.19. The van der Waals surface area contributed by atoms with Gasteiger partial charge in [0.1, 0.15) is 12.4 Å². The average molecular weight is 264 g/mol. The third kappa shape index (κ3) is 2.75. The Kier molecular flexibility index (Phi) is 3.83. The highest BCUT2D eigenvalue weighted by Gasteiger charge is 2.28. The van der Waals surface area contributed by atoms with E-state index in [9.17, 15) is 14.0 Å². The number of amides is 2. The first-order valence-electron chi connectivity index (χ1n) is 6.36. The summed E-state index contributed by atoms with van der Waals surface area (Å²) in [4.78, 5) is 27.1. The van der Waals surface area contributed by atoms with Crippen LogP contribution < -0.4 is 0 Å². The summed E-state index contributed by atoms with van der Waals surface area (Å²) in [6.45, 7) is 5.33. The van der Waals surface area contributed by atoms with Gasteiger partial charge in [-0.05, 0) is 26.0 Å². The van der Waals surface area contributed by atoms with E-state index in [1.54, 1.807) is 17.9 Å². The Hall–Kier alpha value is -1.91. The van der Waals surface area contributed by atoms with Crippen molar-refractivity contribution < 1.29 is 14.0 Å². The summed E-state index contributed by atoms with van der Waals surface area (Å²) in [6, 6.07) is 4.42. The van der Waals surface area contributed by atoms with Gasteiger partial charge in [-0.25, -0.2) is 4.39 Å². The van der Waals surface area contributed by atoms with Crippen molar-refractivity contribution in [3.8, 4) is 0 Å². The number of aryl methyl sites for hydroxylation is 1. The van der Waals surface area contributed by atoms with Crippen LogP contribution in [0.1, 0.15) is 22.8 Å². The SMILES string of the molecule is CCN1CCN(C(=O)c2cc(C)ccc2F)CC1=O. The lowest BCUT2D eigenvalue weighted by molar-refractivity contribution is -0.134. The monoisotopic (exact) mass is 264 g/mol. The van der Waals surface area contributed by atoms with Gasteiger partial charge in [0.15, 0.2) is 0 Å². The highest BCUT2D eigenvalue weighted by Crippen LogP contribution is 2.14. The van der Waals surface area contributed by atoms with Crippen LogP contribution in [0.25, 0.3) is 0 Å². The van der Waals surface area contributed by atoms with Crippen LogP contribution in [0, 0.1) is 12.7 Å². The second kappa shape index (κ2) is 5.38. The molecule has 0 bridgehead atoms. The average Bonchev–Trinajstić information content (AvgIpc) is 2.40. The molecule has 1 aliphatic heterocycles. The fraction of sp³-hybridized carbons (Fsp3) is 0.429. The normalized spacial score (nSPS) is 15.8. The van der Waals surface area contributed by atoms with E-state index in [2.05, 4.69) is 0 Å². The maximum absolute atomic E-state index is 13.7. The number of hydrogen-bond acceptors (Lipinski definition) is 2. The highest BCUT2D eigenvalue weighted by atomic mass is 19.1. The Bertz CT molecular complexity index is 516. The maximum Gasteiger partial charge on any atom is 0.257 e. The number of hydrogen-bond donors (Lipinski definition) is 0. The molecule has 0 atom stereocenters. The van der Waals surface area contributed by atoms with E-state index >= 15 is 0 Å². The smallest absolute Gasteiger partial charge is 0.257 e. The molecule has 102 valence electrons. The maximum atomic E-state index is 13.7. The van der Waals surface area contributed by atoms with Gasteiger partial charge in [-0.3, -0.25) is 9.59 Å². The van der Waals surface area contributed by atoms with Gasteiger partial charge in [0, 0.05) is 19.6 Å². The lowest BCUT2D eigenvalue weighted by Crippen LogP contribution is -2.52. The van der Waals surface area contributed by atoms with Crippen LogP contribution >= 0.6 is 0 Å². The number of halogens is 1. The third-order valence-electron chi connectivity index (χ3n) is 3.34. The number of piperazine rings is 1. The van der Waals surface area contributed by atoms with E-state index < -0.39 is 11.7 Å². The molecule has 1 fully saturated rings. The molecule has 1 saturated heterocycles. The Morgan fingerprint density at radius 2 is 2.11 bits per heavy atom. The molecule has 1 heterocycles. The molecule has 2 amide bonds. The topological polar surface area (TPSA) is 40.6 Å². The summed E-state index contributed by atoms with van der Waals surface area (Å²) in [5.41, 5.74) is 0.862. The minimum absolute atomic E-state index is 0.0278. The van der Waals surface area contributed by atoms with Crippen molar-refractivity contribution in [3.05, 3.63) is 35.1 Å². The van der Waals surface area contributed by atoms with Gasteiger partial charge in [0.25, 0.3) is 5.91 Å². The third-order valence-corrected chi connectivity index (χ3v) is 3.34. The minimum Gasteiger partial charge on any atom is -0.340 e. The molecule has 0 aromatic heterocycles. The number of rotatable bonds is 2. The van der Waals surface area contributed by atoms with Crippen molar-refractivity contribution in [1.29, 1.82) is 0 Å². The Labute approximate surface area is 111 Å². The molecule has 19 heavy (non-hydrogen) atoms. The second-order valence-electron chi connectivity index (χ2n) is 4.68. The number of likely N-dealkylation sites (N-methyl/N-ethyl adjacent to an activating group) is 1. The first-order chi connectivity index (χ1) is 9.02. The van der Waals surface area contributed by atoms with Gasteiger partial charge in [0.05, 0.1) is 5.56 Å². The molecule has 4 nitrogen and oxygen atoms in total.